The van der Waals surface area contributed by atoms with E-state index >= 15 is 79.0 Å². The molecule has 1 N–H and O–H groups in total. The minimum Gasteiger partial charge on any atom is -0.302 e. The van der Waals surface area contributed by atoms with Crippen molar-refractivity contribution in [3.05, 3.63) is 0 Å². The highest BCUT2D eigenvalue weighted by molar-refractivity contribution is 7.47. The standard InChI is InChI=1S/C38HF78O4P/c39-1(40,5(47,48)13(63,64)21(79,80)29(95,96)35(105,106)107)3(43,44)9(55,56)17(71,72)25(87,88)33(103,27(91,92)19(75,76)11(59,60)7(51,52)15(67,68)23(83,84)31(99,100)37(111,112)113)119-121(117,118)120-34(104,28(93,94)20(77,78)12(61,62)8(53,54)16(69,70)24(85,86)32(101,102)38(114,115)116)26(89,90)18(73,74)10(57,58)4(45,46)2(41,42)6(49,50)14(65,66)22(81,82)30(97,98)36(108,109)110/h(H,117,118). The summed E-state index contributed by atoms with van der Waals surface area (Å²) in [6, 6.07) is 0. The SMILES string of the molecule is O=P(O)(OC(F)(C(F)(F)C(F)(F)C(F)(F)C(F)(F)C(F)(F)C(F)(F)C(F)(F)C(F)(F)F)C(F)(F)C(F)(F)C(F)(F)C(F)(F)C(F)(F)C(F)(F)C(F)(F)C(F)(F)C(F)(F)C(F)(F)F)OC(F)(C(F)(F)C(F)(F)C(F)(F)C(F)(F)C(F)(F)C(F)(F)C(F)(F)C(F)(F)F)C(F)(F)C(F)(F)C(F)(F)C(F)(F)C(F)(F)C(F)(F)C(F)(F)C(F)(F)C(F)(F)C(F)(F)F. The summed E-state index contributed by atoms with van der Waals surface area (Å²) < 4.78 is 1120. The second-order valence-corrected chi connectivity index (χ2v) is 23.5. The van der Waals surface area contributed by atoms with E-state index in [0.29, 0.717) is 0 Å². The Kier molecular flexibility index (Phi) is 26.6. The fourth-order valence-electron chi connectivity index (χ4n) is 7.21. The van der Waals surface area contributed by atoms with E-state index < -0.39 is 234 Å². The highest BCUT2D eigenvalue weighted by Gasteiger charge is 3.08. The predicted molar refractivity (Wildman–Crippen MR) is 202 cm³/mol. The number of hydrogen-bond donors (Lipinski definition) is 1. The van der Waals surface area contributed by atoms with Crippen LogP contribution in [0.25, 0.3) is 0 Å². The molecule has 0 heterocycles. The van der Waals surface area contributed by atoms with Crippen LogP contribution in [0.2, 0.25) is 0 Å². The molecular formula is C38HF78O4P. The van der Waals surface area contributed by atoms with Crippen molar-refractivity contribution in [2.45, 2.75) is 226 Å². The first-order valence-electron chi connectivity index (χ1n) is 24.9. The number of phosphoric acid groups is 1. The van der Waals surface area contributed by atoms with Gasteiger partial charge in [-0.1, -0.05) is 0 Å². The van der Waals surface area contributed by atoms with Gasteiger partial charge in [-0.3, -0.25) is 0 Å². The first kappa shape index (κ1) is 116. The molecule has 0 bridgehead atoms. The van der Waals surface area contributed by atoms with Crippen molar-refractivity contribution >= 4 is 7.82 Å². The molecule has 0 aromatic heterocycles. The van der Waals surface area contributed by atoms with Gasteiger partial charge in [-0.2, -0.15) is 342 Å². The fourth-order valence-corrected chi connectivity index (χ4v) is 8.34. The molecule has 83 heteroatoms. The van der Waals surface area contributed by atoms with Crippen LogP contribution in [-0.2, 0) is 13.6 Å². The molecule has 2 atom stereocenters. The van der Waals surface area contributed by atoms with Crippen LogP contribution in [0.1, 0.15) is 0 Å². The maximum atomic E-state index is 16.5. The Morgan fingerprint density at radius 3 is 0.240 bits per heavy atom. The topological polar surface area (TPSA) is 55.8 Å². The van der Waals surface area contributed by atoms with Gasteiger partial charge in [0.05, 0.1) is 0 Å². The van der Waals surface area contributed by atoms with Gasteiger partial charge in [0.2, 0.25) is 0 Å². The van der Waals surface area contributed by atoms with Crippen LogP contribution in [-0.4, -0.2) is 231 Å². The molecule has 0 aromatic carbocycles. The van der Waals surface area contributed by atoms with Gasteiger partial charge in [-0.15, -0.1) is 0 Å². The van der Waals surface area contributed by atoms with Crippen LogP contribution < -0.4 is 0 Å². The van der Waals surface area contributed by atoms with Crippen molar-refractivity contribution in [3.8, 4) is 0 Å². The predicted octanol–water partition coefficient (Wildman–Crippen LogP) is 25.0. The van der Waals surface area contributed by atoms with Crippen molar-refractivity contribution in [3.63, 3.8) is 0 Å². The lowest BCUT2D eigenvalue weighted by Gasteiger charge is -2.50. The lowest BCUT2D eigenvalue weighted by Crippen LogP contribution is -2.82. The quantitative estimate of drug-likeness (QED) is 0.0502. The normalized spacial score (nSPS) is 18.8. The molecule has 0 aromatic rings. The van der Waals surface area contributed by atoms with Gasteiger partial charge in [-0.25, -0.2) is 13.6 Å². The molecule has 4 nitrogen and oxygen atoms in total. The summed E-state index contributed by atoms with van der Waals surface area (Å²) in [5, 5.41) is 0. The average Bonchev–Trinajstić information content (AvgIpc) is 0.669. The zero-order chi connectivity index (χ0) is 101. The molecule has 0 radical (unpaired) electrons. The molecule has 0 saturated heterocycles. The van der Waals surface area contributed by atoms with Crippen LogP contribution in [0, 0.1) is 0 Å². The minimum absolute atomic E-state index is 0.214. The maximum Gasteiger partial charge on any atom is 0.478 e. The third-order valence-corrected chi connectivity index (χ3v) is 15.5. The number of hydrogen-bond acceptors (Lipinski definition) is 3. The van der Waals surface area contributed by atoms with Gasteiger partial charge >= 0.3 is 234 Å². The lowest BCUT2D eigenvalue weighted by atomic mass is 9.81. The molecule has 0 spiro atoms. The molecule has 0 fully saturated rings. The monoisotopic (exact) mass is 2030 g/mol. The van der Waals surface area contributed by atoms with E-state index in [9.17, 15) is 268 Å². The van der Waals surface area contributed by atoms with E-state index in [-0.39, 0.29) is 9.05 Å². The van der Waals surface area contributed by atoms with E-state index in [4.69, 9.17) is 4.89 Å². The molecule has 0 aliphatic carbocycles. The molecular weight excluding hydrogens is 2030 g/mol. The van der Waals surface area contributed by atoms with Gasteiger partial charge in [0.25, 0.3) is 0 Å². The van der Waals surface area contributed by atoms with Crippen molar-refractivity contribution in [1.82, 2.24) is 0 Å². The first-order chi connectivity index (χ1) is 50.4. The van der Waals surface area contributed by atoms with Gasteiger partial charge in [0.1, 0.15) is 0 Å². The molecule has 0 aliphatic rings. The largest absolute Gasteiger partial charge is 0.478 e. The fraction of sp³-hybridized carbons (Fsp3) is 1.00. The highest BCUT2D eigenvalue weighted by Crippen LogP contribution is 2.78. The highest BCUT2D eigenvalue weighted by atomic mass is 31.2. The van der Waals surface area contributed by atoms with Gasteiger partial charge in [-0.05, 0) is 0 Å². The van der Waals surface area contributed by atoms with Crippen molar-refractivity contribution in [1.29, 1.82) is 0 Å². The summed E-state index contributed by atoms with van der Waals surface area (Å²) >= 11 is 0. The molecule has 0 aliphatic heterocycles. The molecule has 0 amide bonds. The molecule has 0 rings (SSSR count). The summed E-state index contributed by atoms with van der Waals surface area (Å²) in [5.74, 6) is -390. The van der Waals surface area contributed by atoms with E-state index in [2.05, 4.69) is 0 Å². The number of halogens is 78. The third kappa shape index (κ3) is 13.3. The Balaban J connectivity index is 11.4. The minimum atomic E-state index is -13.4. The van der Waals surface area contributed by atoms with Crippen molar-refractivity contribution < 1.29 is 361 Å². The van der Waals surface area contributed by atoms with E-state index in [1.54, 1.807) is 0 Å². The Morgan fingerprint density at radius 1 is 0.116 bits per heavy atom. The smallest absolute Gasteiger partial charge is 0.302 e. The number of alkyl halides is 78. The van der Waals surface area contributed by atoms with E-state index in [1.165, 1.54) is 0 Å². The van der Waals surface area contributed by atoms with Gasteiger partial charge in [0, 0.05) is 0 Å². The number of phosphoric ester groups is 1. The van der Waals surface area contributed by atoms with Crippen LogP contribution >= 0.6 is 7.82 Å². The van der Waals surface area contributed by atoms with Crippen LogP contribution in [0.5, 0.6) is 0 Å². The molecule has 728 valence electrons. The van der Waals surface area contributed by atoms with E-state index in [1.807, 2.05) is 0 Å². The van der Waals surface area contributed by atoms with Crippen LogP contribution in [0.4, 0.5) is 342 Å². The summed E-state index contributed by atoms with van der Waals surface area (Å²) in [7, 11) is -13.4. The Bertz CT molecular complexity index is 3530. The third-order valence-electron chi connectivity index (χ3n) is 14.6. The van der Waals surface area contributed by atoms with Crippen molar-refractivity contribution in [2.75, 3.05) is 0 Å². The van der Waals surface area contributed by atoms with E-state index in [0.717, 1.165) is 0 Å². The molecule has 2 unspecified atom stereocenters. The maximum absolute atomic E-state index is 16.5. The first-order valence-corrected chi connectivity index (χ1v) is 26.4. The molecule has 121 heavy (non-hydrogen) atoms. The second-order valence-electron chi connectivity index (χ2n) is 22.2. The van der Waals surface area contributed by atoms with Crippen LogP contribution in [0.15, 0.2) is 0 Å². The number of rotatable bonds is 36. The van der Waals surface area contributed by atoms with Crippen LogP contribution in [0.3, 0.4) is 0 Å². The summed E-state index contributed by atoms with van der Waals surface area (Å²) in [4.78, 5) is 9.13. The van der Waals surface area contributed by atoms with Gasteiger partial charge < -0.3 is 4.89 Å². The Hall–Kier alpha value is -5.35. The van der Waals surface area contributed by atoms with Gasteiger partial charge in [0.15, 0.2) is 0 Å². The second kappa shape index (κ2) is 27.8. The molecule has 0 saturated carbocycles. The zero-order valence-corrected chi connectivity index (χ0v) is 51.5. The Labute approximate surface area is 596 Å². The summed E-state index contributed by atoms with van der Waals surface area (Å²) in [5.41, 5.74) is 0. The lowest BCUT2D eigenvalue weighted by molar-refractivity contribution is -0.505. The average molecular weight is 2030 g/mol. The van der Waals surface area contributed by atoms with Crippen molar-refractivity contribution in [2.24, 2.45) is 0 Å². The summed E-state index contributed by atoms with van der Waals surface area (Å²) in [6.07, 6.45) is -36.9. The Morgan fingerprint density at radius 2 is 0.174 bits per heavy atom. The summed E-state index contributed by atoms with van der Waals surface area (Å²) in [6.45, 7) is 0. The zero-order valence-electron chi connectivity index (χ0n) is 50.6.